The van der Waals surface area contributed by atoms with E-state index in [2.05, 4.69) is 4.74 Å². The number of halogens is 3. The normalized spacial score (nSPS) is 23.1. The Morgan fingerprint density at radius 1 is 1.07 bits per heavy atom. The molecule has 10 nitrogen and oxygen atoms in total. The predicted octanol–water partition coefficient (Wildman–Crippen LogP) is -1.61. The van der Waals surface area contributed by atoms with Gasteiger partial charge in [-0.15, -0.1) is 0 Å². The average Bonchev–Trinajstić information content (AvgIpc) is 2.99. The molecule has 4 atom stereocenters. The number of aliphatic carboxylic acids is 1. The lowest BCUT2D eigenvalue weighted by Gasteiger charge is -2.13. The van der Waals surface area contributed by atoms with Crippen LogP contribution in [0.3, 0.4) is 0 Å². The number of alkyl halides is 3. The second kappa shape index (κ2) is 11.4. The number of rotatable bonds is 6. The third-order valence-corrected chi connectivity index (χ3v) is 3.77. The van der Waals surface area contributed by atoms with Crippen LogP contribution in [-0.2, 0) is 28.6 Å². The van der Waals surface area contributed by atoms with Crippen molar-refractivity contribution in [3.05, 3.63) is 30.6 Å². The largest absolute Gasteiger partial charge is 0.542 e. The molecule has 1 aliphatic rings. The van der Waals surface area contributed by atoms with Crippen molar-refractivity contribution in [1.29, 1.82) is 0 Å². The van der Waals surface area contributed by atoms with Crippen LogP contribution < -0.4 is 9.67 Å². The number of carbonyl (C=O) groups excluding carboxylic acids is 3. The lowest BCUT2D eigenvalue weighted by molar-refractivity contribution is -0.765. The highest BCUT2D eigenvalue weighted by atomic mass is 19.4. The van der Waals surface area contributed by atoms with Crippen molar-refractivity contribution in [3.8, 4) is 0 Å². The third kappa shape index (κ3) is 7.93. The highest BCUT2D eigenvalue weighted by Gasteiger charge is 2.48. The summed E-state index contributed by atoms with van der Waals surface area (Å²) in [4.78, 5) is 31.3. The van der Waals surface area contributed by atoms with E-state index >= 15 is 0 Å². The molecule has 168 valence electrons. The fourth-order valence-corrected chi connectivity index (χ4v) is 2.25. The number of hydrogen-bond donors (Lipinski definition) is 2. The Morgan fingerprint density at radius 3 is 2.10 bits per heavy atom. The number of esters is 2. The Morgan fingerprint density at radius 2 is 1.60 bits per heavy atom. The minimum Gasteiger partial charge on any atom is -0.542 e. The second-order valence-corrected chi connectivity index (χ2v) is 5.91. The Balaban J connectivity index is 0.000000553. The molecule has 0 amide bonds. The third-order valence-electron chi connectivity index (χ3n) is 3.77. The van der Waals surface area contributed by atoms with Gasteiger partial charge < -0.3 is 34.3 Å². The summed E-state index contributed by atoms with van der Waals surface area (Å²) in [6.45, 7) is -0.206. The number of carbonyl (C=O) groups is 3. The smallest absolute Gasteiger partial charge is 0.430 e. The van der Waals surface area contributed by atoms with Gasteiger partial charge in [0.15, 0.2) is 18.5 Å². The first-order valence-corrected chi connectivity index (χ1v) is 8.45. The number of carboxylic acids is 1. The van der Waals surface area contributed by atoms with E-state index in [0.29, 0.717) is 0 Å². The van der Waals surface area contributed by atoms with Crippen LogP contribution in [-0.4, -0.2) is 66.3 Å². The first-order chi connectivity index (χ1) is 14.0. The van der Waals surface area contributed by atoms with Crippen molar-refractivity contribution < 1.29 is 61.7 Å². The summed E-state index contributed by atoms with van der Waals surface area (Å²) in [5.41, 5.74) is 0. The van der Waals surface area contributed by atoms with Crippen LogP contribution in [0.5, 0.6) is 0 Å². The van der Waals surface area contributed by atoms with E-state index < -0.39 is 48.6 Å². The maximum atomic E-state index is 11.5. The summed E-state index contributed by atoms with van der Waals surface area (Å²) in [5, 5.41) is 28.8. The minimum atomic E-state index is -5.19. The molecule has 1 aromatic rings. The summed E-state index contributed by atoms with van der Waals surface area (Å²) in [7, 11) is 1.24. The number of aliphatic hydroxyl groups is 2. The van der Waals surface area contributed by atoms with E-state index in [1.165, 1.54) is 7.11 Å². The summed E-state index contributed by atoms with van der Waals surface area (Å²) < 4.78 is 48.1. The molecule has 2 N–H and O–H groups in total. The highest BCUT2D eigenvalue weighted by Crippen LogP contribution is 2.25. The number of nitrogens with zero attached hydrogens (tertiary/aromatic N) is 1. The van der Waals surface area contributed by atoms with E-state index in [0.717, 1.165) is 0 Å². The molecule has 1 fully saturated rings. The molecule has 1 aliphatic heterocycles. The van der Waals surface area contributed by atoms with E-state index in [4.69, 9.17) is 19.4 Å². The van der Waals surface area contributed by atoms with Gasteiger partial charge in [-0.3, -0.25) is 9.59 Å². The van der Waals surface area contributed by atoms with Crippen LogP contribution in [0.4, 0.5) is 13.2 Å². The Hall–Kier alpha value is -2.77. The average molecular weight is 439 g/mol. The van der Waals surface area contributed by atoms with E-state index in [1.54, 1.807) is 29.1 Å². The minimum absolute atomic E-state index is 0.0749. The van der Waals surface area contributed by atoms with Gasteiger partial charge in [0.2, 0.25) is 0 Å². The molecule has 0 saturated carbocycles. The zero-order valence-electron chi connectivity index (χ0n) is 15.7. The topological polar surface area (TPSA) is 146 Å². The van der Waals surface area contributed by atoms with Crippen LogP contribution in [0.15, 0.2) is 30.6 Å². The molecular formula is C17H20F3NO9. The van der Waals surface area contributed by atoms with Gasteiger partial charge in [0.1, 0.15) is 24.8 Å². The van der Waals surface area contributed by atoms with Gasteiger partial charge in [-0.1, -0.05) is 6.07 Å². The molecule has 1 saturated heterocycles. The quantitative estimate of drug-likeness (QED) is 0.395. The SMILES string of the molecule is COC(=O)CCC(=O)OC[C@H]1O[C@@H]([n+]2ccccc2)[C@H](O)[C@@H]1O.O=C([O-])C(F)(F)F. The molecular weight excluding hydrogens is 419 g/mol. The van der Waals surface area contributed by atoms with Crippen molar-refractivity contribution in [2.24, 2.45) is 0 Å². The highest BCUT2D eigenvalue weighted by molar-refractivity contribution is 5.77. The van der Waals surface area contributed by atoms with Crippen LogP contribution in [0.25, 0.3) is 0 Å². The van der Waals surface area contributed by atoms with Crippen molar-refractivity contribution in [1.82, 2.24) is 0 Å². The monoisotopic (exact) mass is 439 g/mol. The lowest BCUT2D eigenvalue weighted by atomic mass is 10.1. The Bertz CT molecular complexity index is 714. The Labute approximate surface area is 168 Å². The maximum Gasteiger partial charge on any atom is 0.430 e. The lowest BCUT2D eigenvalue weighted by Crippen LogP contribution is -2.45. The van der Waals surface area contributed by atoms with E-state index in [9.17, 15) is 33.0 Å². The fourth-order valence-electron chi connectivity index (χ4n) is 2.25. The van der Waals surface area contributed by atoms with Crippen LogP contribution in [0.1, 0.15) is 19.1 Å². The van der Waals surface area contributed by atoms with E-state index in [-0.39, 0.29) is 19.4 Å². The maximum absolute atomic E-state index is 11.5. The van der Waals surface area contributed by atoms with Crippen molar-refractivity contribution >= 4 is 17.9 Å². The summed E-state index contributed by atoms with van der Waals surface area (Å²) in [5.74, 6) is -4.11. The molecule has 1 aromatic heterocycles. The predicted molar refractivity (Wildman–Crippen MR) is 85.8 cm³/mol. The molecule has 0 unspecified atom stereocenters. The summed E-state index contributed by atoms with van der Waals surface area (Å²) in [6.07, 6.45) is -5.91. The Kier molecular flexibility index (Phi) is 9.62. The number of aromatic nitrogens is 1. The van der Waals surface area contributed by atoms with Gasteiger partial charge in [-0.05, 0) is 0 Å². The number of aliphatic hydroxyl groups excluding tert-OH is 2. The zero-order chi connectivity index (χ0) is 22.9. The molecule has 2 rings (SSSR count). The number of methoxy groups -OCH3 is 1. The van der Waals surface area contributed by atoms with Gasteiger partial charge in [0.05, 0.1) is 20.0 Å². The molecule has 30 heavy (non-hydrogen) atoms. The molecule has 13 heteroatoms. The molecule has 2 heterocycles. The van der Waals surface area contributed by atoms with Gasteiger partial charge in [-0.25, -0.2) is 0 Å². The second-order valence-electron chi connectivity index (χ2n) is 5.91. The van der Waals surface area contributed by atoms with Gasteiger partial charge in [0, 0.05) is 12.1 Å². The standard InChI is InChI=1S/C15H20NO7.C2HF3O2/c1-21-11(17)5-6-12(18)22-9-10-13(19)14(20)15(23-10)16-7-3-2-4-8-16;3-2(4,5)1(6)7/h2-4,7-8,10,13-15,19-20H,5-6,9H2,1H3;(H,6,7)/q+1;/p-1/t10-,13-,14-,15-;/m1./s1. The van der Waals surface area contributed by atoms with Crippen LogP contribution in [0, 0.1) is 0 Å². The first-order valence-electron chi connectivity index (χ1n) is 8.45. The zero-order valence-corrected chi connectivity index (χ0v) is 15.7. The number of ether oxygens (including phenoxy) is 3. The number of pyridine rings is 1. The molecule has 0 spiro atoms. The molecule has 0 radical (unpaired) electrons. The van der Waals surface area contributed by atoms with Crippen LogP contribution >= 0.6 is 0 Å². The van der Waals surface area contributed by atoms with Crippen molar-refractivity contribution in [2.75, 3.05) is 13.7 Å². The van der Waals surface area contributed by atoms with Gasteiger partial charge >= 0.3 is 18.1 Å². The summed E-state index contributed by atoms with van der Waals surface area (Å²) in [6, 6.07) is 5.35. The first kappa shape index (κ1) is 25.3. The molecule has 0 aromatic carbocycles. The molecule has 0 aliphatic carbocycles. The van der Waals surface area contributed by atoms with Crippen molar-refractivity contribution in [2.45, 2.75) is 43.6 Å². The fraction of sp³-hybridized carbons (Fsp3) is 0.529. The van der Waals surface area contributed by atoms with Gasteiger partial charge in [0.25, 0.3) is 6.23 Å². The number of carboxylic acid groups (broad SMARTS) is 1. The van der Waals surface area contributed by atoms with Crippen molar-refractivity contribution in [3.63, 3.8) is 0 Å². The number of hydrogen-bond acceptors (Lipinski definition) is 9. The van der Waals surface area contributed by atoms with Gasteiger partial charge in [-0.2, -0.15) is 17.7 Å². The van der Waals surface area contributed by atoms with Crippen LogP contribution in [0.2, 0.25) is 0 Å². The van der Waals surface area contributed by atoms with E-state index in [1.807, 2.05) is 6.07 Å². The molecule has 0 bridgehead atoms. The summed E-state index contributed by atoms with van der Waals surface area (Å²) >= 11 is 0.